The van der Waals surface area contributed by atoms with Crippen LogP contribution in [0.5, 0.6) is 0 Å². The van der Waals surface area contributed by atoms with Crippen molar-refractivity contribution in [2.75, 3.05) is 23.3 Å². The number of nitrogens with zero attached hydrogens (tertiary/aromatic N) is 5. The fourth-order valence-corrected chi connectivity index (χ4v) is 3.10. The van der Waals surface area contributed by atoms with Crippen molar-refractivity contribution >= 4 is 22.5 Å². The van der Waals surface area contributed by atoms with E-state index in [-0.39, 0.29) is 0 Å². The van der Waals surface area contributed by atoms with Gasteiger partial charge in [0.15, 0.2) is 0 Å². The maximum absolute atomic E-state index is 4.45. The van der Waals surface area contributed by atoms with Crippen LogP contribution >= 0.6 is 11.5 Å². The summed E-state index contributed by atoms with van der Waals surface area (Å²) in [7, 11) is 0. The topological polar surface area (TPSA) is 66.8 Å². The zero-order chi connectivity index (χ0) is 13.9. The monoisotopic (exact) mass is 290 g/mol. The SMILES string of the molecule is Cc1cc(NC2CCN(c3nc(C)ns3)CC2)ncn1. The zero-order valence-electron chi connectivity index (χ0n) is 11.7. The molecule has 0 atom stereocenters. The van der Waals surface area contributed by atoms with Gasteiger partial charge in [0.1, 0.15) is 18.0 Å². The Kier molecular flexibility index (Phi) is 3.77. The van der Waals surface area contributed by atoms with Crippen molar-refractivity contribution in [1.29, 1.82) is 0 Å². The molecule has 0 saturated carbocycles. The van der Waals surface area contributed by atoms with Gasteiger partial charge in [-0.1, -0.05) is 0 Å². The number of hydrogen-bond acceptors (Lipinski definition) is 7. The lowest BCUT2D eigenvalue weighted by Gasteiger charge is -2.32. The number of nitrogens with one attached hydrogen (secondary N) is 1. The molecule has 0 aliphatic carbocycles. The van der Waals surface area contributed by atoms with Crippen molar-refractivity contribution in [3.8, 4) is 0 Å². The lowest BCUT2D eigenvalue weighted by molar-refractivity contribution is 0.524. The molecule has 20 heavy (non-hydrogen) atoms. The Balaban J connectivity index is 1.56. The highest BCUT2D eigenvalue weighted by Crippen LogP contribution is 2.23. The molecular weight excluding hydrogens is 272 g/mol. The van der Waals surface area contributed by atoms with Crippen LogP contribution in [0.15, 0.2) is 12.4 Å². The Morgan fingerprint density at radius 2 is 2.05 bits per heavy atom. The van der Waals surface area contributed by atoms with E-state index in [4.69, 9.17) is 0 Å². The van der Waals surface area contributed by atoms with Crippen molar-refractivity contribution < 1.29 is 0 Å². The number of piperidine rings is 1. The summed E-state index contributed by atoms with van der Waals surface area (Å²) in [6.45, 7) is 5.94. The first kappa shape index (κ1) is 13.2. The molecule has 106 valence electrons. The molecule has 2 aromatic rings. The van der Waals surface area contributed by atoms with Crippen LogP contribution in [0.2, 0.25) is 0 Å². The van der Waals surface area contributed by atoms with E-state index >= 15 is 0 Å². The van der Waals surface area contributed by atoms with Crippen molar-refractivity contribution in [2.45, 2.75) is 32.7 Å². The van der Waals surface area contributed by atoms with E-state index < -0.39 is 0 Å². The Morgan fingerprint density at radius 1 is 1.25 bits per heavy atom. The van der Waals surface area contributed by atoms with Gasteiger partial charge in [0.05, 0.1) is 0 Å². The molecule has 1 saturated heterocycles. The minimum atomic E-state index is 0.467. The van der Waals surface area contributed by atoms with Crippen molar-refractivity contribution in [3.63, 3.8) is 0 Å². The molecule has 1 aliphatic rings. The average molecular weight is 290 g/mol. The highest BCUT2D eigenvalue weighted by Gasteiger charge is 2.21. The number of anilines is 2. The van der Waals surface area contributed by atoms with Crippen LogP contribution in [-0.4, -0.2) is 38.5 Å². The Hall–Kier alpha value is -1.76. The summed E-state index contributed by atoms with van der Waals surface area (Å²) in [5, 5.41) is 4.53. The van der Waals surface area contributed by atoms with Gasteiger partial charge < -0.3 is 10.2 Å². The van der Waals surface area contributed by atoms with Gasteiger partial charge in [-0.05, 0) is 26.7 Å². The minimum absolute atomic E-state index is 0.467. The fourth-order valence-electron chi connectivity index (χ4n) is 2.37. The van der Waals surface area contributed by atoms with Gasteiger partial charge in [-0.3, -0.25) is 0 Å². The molecule has 3 rings (SSSR count). The first-order valence-electron chi connectivity index (χ1n) is 6.81. The van der Waals surface area contributed by atoms with Crippen LogP contribution in [0.4, 0.5) is 10.9 Å². The number of hydrogen-bond donors (Lipinski definition) is 1. The normalized spacial score (nSPS) is 16.4. The number of aromatic nitrogens is 4. The van der Waals surface area contributed by atoms with Crippen molar-refractivity contribution in [3.05, 3.63) is 23.9 Å². The Bertz CT molecular complexity index is 576. The average Bonchev–Trinajstić information content (AvgIpc) is 2.86. The largest absolute Gasteiger partial charge is 0.367 e. The third-order valence-electron chi connectivity index (χ3n) is 3.44. The van der Waals surface area contributed by atoms with Gasteiger partial charge in [0, 0.05) is 42.4 Å². The van der Waals surface area contributed by atoms with Crippen LogP contribution < -0.4 is 10.2 Å². The Morgan fingerprint density at radius 3 is 2.70 bits per heavy atom. The van der Waals surface area contributed by atoms with E-state index in [9.17, 15) is 0 Å². The molecule has 0 spiro atoms. The molecular formula is C13H18N6S. The molecule has 6 nitrogen and oxygen atoms in total. The lowest BCUT2D eigenvalue weighted by atomic mass is 10.1. The summed E-state index contributed by atoms with van der Waals surface area (Å²) >= 11 is 1.49. The molecule has 1 aliphatic heterocycles. The predicted octanol–water partition coefficient (Wildman–Crippen LogP) is 2.03. The Labute approximate surface area is 122 Å². The van der Waals surface area contributed by atoms with Gasteiger partial charge in [-0.25, -0.2) is 15.0 Å². The van der Waals surface area contributed by atoms with E-state index in [0.717, 1.165) is 48.4 Å². The summed E-state index contributed by atoms with van der Waals surface area (Å²) in [5.41, 5.74) is 0.990. The number of aryl methyl sites for hydroxylation is 2. The molecule has 7 heteroatoms. The van der Waals surface area contributed by atoms with Gasteiger partial charge in [-0.15, -0.1) is 0 Å². The van der Waals surface area contributed by atoms with Gasteiger partial charge in [-0.2, -0.15) is 4.37 Å². The van der Waals surface area contributed by atoms with E-state index in [0.29, 0.717) is 6.04 Å². The van der Waals surface area contributed by atoms with Gasteiger partial charge >= 0.3 is 0 Å². The van der Waals surface area contributed by atoms with Crippen LogP contribution in [0.1, 0.15) is 24.4 Å². The van der Waals surface area contributed by atoms with Crippen LogP contribution in [0.3, 0.4) is 0 Å². The molecule has 3 heterocycles. The molecule has 2 aromatic heterocycles. The minimum Gasteiger partial charge on any atom is -0.367 e. The molecule has 0 aromatic carbocycles. The quantitative estimate of drug-likeness (QED) is 0.933. The summed E-state index contributed by atoms with van der Waals surface area (Å²) in [5.74, 6) is 1.78. The highest BCUT2D eigenvalue weighted by molar-refractivity contribution is 7.09. The van der Waals surface area contributed by atoms with Crippen LogP contribution in [0.25, 0.3) is 0 Å². The van der Waals surface area contributed by atoms with Gasteiger partial charge in [0.25, 0.3) is 0 Å². The second kappa shape index (κ2) is 5.70. The van der Waals surface area contributed by atoms with E-state index in [2.05, 4.69) is 29.5 Å². The lowest BCUT2D eigenvalue weighted by Crippen LogP contribution is -2.39. The standard InChI is InChI=1S/C13H18N6S/c1-9-7-12(15-8-14-9)17-11-3-5-19(6-4-11)13-16-10(2)18-20-13/h7-8,11H,3-6H2,1-2H3,(H,14,15,17). The molecule has 1 N–H and O–H groups in total. The van der Waals surface area contributed by atoms with E-state index in [1.165, 1.54) is 11.5 Å². The second-order valence-electron chi connectivity index (χ2n) is 5.07. The van der Waals surface area contributed by atoms with Gasteiger partial charge in [0.2, 0.25) is 5.13 Å². The molecule has 1 fully saturated rings. The van der Waals surface area contributed by atoms with Crippen molar-refractivity contribution in [2.24, 2.45) is 0 Å². The van der Waals surface area contributed by atoms with Crippen LogP contribution in [-0.2, 0) is 0 Å². The smallest absolute Gasteiger partial charge is 0.205 e. The zero-order valence-corrected chi connectivity index (χ0v) is 12.5. The summed E-state index contributed by atoms with van der Waals surface area (Å²) in [6.07, 6.45) is 3.78. The van der Waals surface area contributed by atoms with E-state index in [1.54, 1.807) is 6.33 Å². The molecule has 0 amide bonds. The second-order valence-corrected chi connectivity index (χ2v) is 5.80. The third-order valence-corrected chi connectivity index (χ3v) is 4.31. The fraction of sp³-hybridized carbons (Fsp3) is 0.538. The summed E-state index contributed by atoms with van der Waals surface area (Å²) in [4.78, 5) is 15.1. The highest BCUT2D eigenvalue weighted by atomic mass is 32.1. The van der Waals surface area contributed by atoms with Crippen LogP contribution in [0, 0.1) is 13.8 Å². The third kappa shape index (κ3) is 3.04. The maximum Gasteiger partial charge on any atom is 0.205 e. The first-order valence-corrected chi connectivity index (χ1v) is 7.58. The summed E-state index contributed by atoms with van der Waals surface area (Å²) < 4.78 is 4.24. The summed E-state index contributed by atoms with van der Waals surface area (Å²) in [6, 6.07) is 2.45. The van der Waals surface area contributed by atoms with Crippen molar-refractivity contribution in [1.82, 2.24) is 19.3 Å². The van der Waals surface area contributed by atoms with E-state index in [1.807, 2.05) is 19.9 Å². The molecule has 0 radical (unpaired) electrons. The maximum atomic E-state index is 4.45. The first-order chi connectivity index (χ1) is 9.70. The molecule has 0 bridgehead atoms. The molecule has 0 unspecified atom stereocenters. The predicted molar refractivity (Wildman–Crippen MR) is 80.3 cm³/mol. The number of rotatable bonds is 3.